The van der Waals surface area contributed by atoms with E-state index in [0.717, 1.165) is 11.1 Å². The molecule has 21 heavy (non-hydrogen) atoms. The third-order valence-corrected chi connectivity index (χ3v) is 3.19. The van der Waals surface area contributed by atoms with Crippen LogP contribution in [0.3, 0.4) is 0 Å². The summed E-state index contributed by atoms with van der Waals surface area (Å²) in [6.45, 7) is 0. The molecule has 1 unspecified atom stereocenters. The molecule has 4 heteroatoms. The van der Waals surface area contributed by atoms with Gasteiger partial charge in [-0.05, 0) is 5.56 Å². The smallest absolute Gasteiger partial charge is 0.271 e. The normalized spacial score (nSPS) is 17.7. The van der Waals surface area contributed by atoms with Gasteiger partial charge >= 0.3 is 0 Å². The van der Waals surface area contributed by atoms with Crippen molar-refractivity contribution < 1.29 is 4.79 Å². The minimum atomic E-state index is -0.945. The average molecular weight is 273 g/mol. The van der Waals surface area contributed by atoms with E-state index in [1.54, 1.807) is 0 Å². The summed E-state index contributed by atoms with van der Waals surface area (Å²) in [4.78, 5) is 20.5. The Morgan fingerprint density at radius 2 is 1.43 bits per heavy atom. The van der Waals surface area contributed by atoms with E-state index in [4.69, 9.17) is 0 Å². The number of hydrogen-bond donors (Lipinski definition) is 0. The van der Waals surface area contributed by atoms with Gasteiger partial charge in [-0.3, -0.25) is 4.79 Å². The molecule has 4 nitrogen and oxygen atoms in total. The summed E-state index contributed by atoms with van der Waals surface area (Å²) in [7, 11) is 0. The van der Waals surface area contributed by atoms with Crippen LogP contribution in [0.5, 0.6) is 0 Å². The minimum Gasteiger partial charge on any atom is -0.271 e. The Balaban J connectivity index is 2.11. The first kappa shape index (κ1) is 12.9. The predicted molar refractivity (Wildman–Crippen MR) is 80.1 cm³/mol. The molecule has 100 valence electrons. The number of carbonyl (C=O) groups excluding carboxylic acids is 1. The first-order valence-electron chi connectivity index (χ1n) is 6.51. The highest BCUT2D eigenvalue weighted by atomic mass is 16.1. The first-order valence-corrected chi connectivity index (χ1v) is 6.51. The number of carbonyl (C=O) groups is 1. The molecule has 0 bridgehead atoms. The molecule has 1 heterocycles. The van der Waals surface area contributed by atoms with E-state index in [-0.39, 0.29) is 0 Å². The molecule has 2 aromatic carbocycles. The van der Waals surface area contributed by atoms with Gasteiger partial charge in [0.05, 0.1) is 11.8 Å². The van der Waals surface area contributed by atoms with Gasteiger partial charge in [0.1, 0.15) is 0 Å². The molecule has 0 N–H and O–H groups in total. The summed E-state index contributed by atoms with van der Waals surface area (Å²) in [5, 5.41) is 9.23. The highest BCUT2D eigenvalue weighted by molar-refractivity contribution is 6.26. The topological polar surface area (TPSA) is 65.6 Å². The molecule has 1 aliphatic rings. The lowest BCUT2D eigenvalue weighted by molar-refractivity contribution is -0.118. The van der Waals surface area contributed by atoms with Gasteiger partial charge in [0.25, 0.3) is 5.91 Å². The summed E-state index contributed by atoms with van der Waals surface area (Å²) < 4.78 is 0. The number of hydrogen-bond acceptors (Lipinski definition) is 3. The SMILES string of the molecule is N#CC1C(=O)N=C(c2ccccc2)N=C1c1ccccc1. The Hall–Kier alpha value is -3.06. The number of nitriles is 1. The second-order valence-electron chi connectivity index (χ2n) is 4.56. The number of amides is 1. The zero-order valence-corrected chi connectivity index (χ0v) is 11.1. The van der Waals surface area contributed by atoms with Crippen LogP contribution >= 0.6 is 0 Å². The molecule has 1 amide bonds. The second-order valence-corrected chi connectivity index (χ2v) is 4.56. The summed E-state index contributed by atoms with van der Waals surface area (Å²) >= 11 is 0. The summed E-state index contributed by atoms with van der Waals surface area (Å²) in [5.74, 6) is -1.06. The van der Waals surface area contributed by atoms with Crippen LogP contribution in [0.25, 0.3) is 0 Å². The maximum atomic E-state index is 12.1. The van der Waals surface area contributed by atoms with Crippen molar-refractivity contribution in [2.75, 3.05) is 0 Å². The van der Waals surface area contributed by atoms with E-state index in [1.807, 2.05) is 66.7 Å². The van der Waals surface area contributed by atoms with Crippen LogP contribution in [0.1, 0.15) is 11.1 Å². The molecular weight excluding hydrogens is 262 g/mol. The molecule has 0 saturated heterocycles. The number of benzene rings is 2. The summed E-state index contributed by atoms with van der Waals surface area (Å²) in [6, 6.07) is 20.5. The van der Waals surface area contributed by atoms with Crippen molar-refractivity contribution in [1.82, 2.24) is 0 Å². The third-order valence-electron chi connectivity index (χ3n) is 3.19. The van der Waals surface area contributed by atoms with Crippen molar-refractivity contribution in [2.45, 2.75) is 0 Å². The van der Waals surface area contributed by atoms with Crippen LogP contribution in [0, 0.1) is 17.2 Å². The van der Waals surface area contributed by atoms with Gasteiger partial charge in [-0.1, -0.05) is 60.7 Å². The molecule has 1 atom stereocenters. The average Bonchev–Trinajstić information content (AvgIpc) is 2.55. The molecule has 0 aromatic heterocycles. The van der Waals surface area contributed by atoms with Crippen molar-refractivity contribution in [3.05, 3.63) is 71.8 Å². The van der Waals surface area contributed by atoms with Crippen LogP contribution in [0.15, 0.2) is 70.6 Å². The van der Waals surface area contributed by atoms with Crippen LogP contribution < -0.4 is 0 Å². The van der Waals surface area contributed by atoms with E-state index < -0.39 is 11.8 Å². The quantitative estimate of drug-likeness (QED) is 0.844. The van der Waals surface area contributed by atoms with Crippen LogP contribution in [0.4, 0.5) is 0 Å². The largest absolute Gasteiger partial charge is 0.271 e. The Morgan fingerprint density at radius 1 is 0.857 bits per heavy atom. The Morgan fingerprint density at radius 3 is 2.00 bits per heavy atom. The van der Waals surface area contributed by atoms with Crippen LogP contribution in [-0.2, 0) is 4.79 Å². The fraction of sp³-hybridized carbons (Fsp3) is 0.0588. The fourth-order valence-corrected chi connectivity index (χ4v) is 2.16. The summed E-state index contributed by atoms with van der Waals surface area (Å²) in [6.07, 6.45) is 0. The lowest BCUT2D eigenvalue weighted by Crippen LogP contribution is -2.28. The van der Waals surface area contributed by atoms with Gasteiger partial charge in [-0.15, -0.1) is 0 Å². The molecule has 1 aliphatic heterocycles. The minimum absolute atomic E-state index is 0.353. The van der Waals surface area contributed by atoms with Gasteiger partial charge in [0.2, 0.25) is 0 Å². The maximum Gasteiger partial charge on any atom is 0.271 e. The Kier molecular flexibility index (Phi) is 3.40. The van der Waals surface area contributed by atoms with Crippen molar-refractivity contribution in [3.8, 4) is 6.07 Å². The molecular formula is C17H11N3O. The third kappa shape index (κ3) is 2.49. The van der Waals surface area contributed by atoms with Crippen LogP contribution in [-0.4, -0.2) is 17.5 Å². The fourth-order valence-electron chi connectivity index (χ4n) is 2.16. The van der Waals surface area contributed by atoms with E-state index in [1.165, 1.54) is 0 Å². The van der Waals surface area contributed by atoms with E-state index in [0.29, 0.717) is 11.5 Å². The number of aliphatic imine (C=N–C) groups is 2. The van der Waals surface area contributed by atoms with Gasteiger partial charge in [-0.2, -0.15) is 10.3 Å². The Bertz CT molecular complexity index is 771. The van der Waals surface area contributed by atoms with Gasteiger partial charge < -0.3 is 0 Å². The highest BCUT2D eigenvalue weighted by Crippen LogP contribution is 2.18. The molecule has 0 spiro atoms. The molecule has 0 fully saturated rings. The Labute approximate surface area is 122 Å². The number of rotatable bonds is 2. The van der Waals surface area contributed by atoms with Crippen molar-refractivity contribution in [3.63, 3.8) is 0 Å². The van der Waals surface area contributed by atoms with Crippen molar-refractivity contribution in [1.29, 1.82) is 5.26 Å². The molecule has 0 saturated carbocycles. The number of nitrogens with zero attached hydrogens (tertiary/aromatic N) is 3. The van der Waals surface area contributed by atoms with Gasteiger partial charge in [0.15, 0.2) is 11.8 Å². The van der Waals surface area contributed by atoms with E-state index >= 15 is 0 Å². The zero-order chi connectivity index (χ0) is 14.7. The lowest BCUT2D eigenvalue weighted by Gasteiger charge is -2.16. The predicted octanol–water partition coefficient (Wildman–Crippen LogP) is 2.60. The van der Waals surface area contributed by atoms with Crippen molar-refractivity contribution in [2.24, 2.45) is 15.9 Å². The molecule has 3 rings (SSSR count). The second kappa shape index (κ2) is 5.51. The van der Waals surface area contributed by atoms with Gasteiger partial charge in [-0.25, -0.2) is 4.99 Å². The number of amidine groups is 1. The van der Waals surface area contributed by atoms with Gasteiger partial charge in [0, 0.05) is 5.56 Å². The lowest BCUT2D eigenvalue weighted by atomic mass is 9.95. The summed E-state index contributed by atoms with van der Waals surface area (Å²) in [5.41, 5.74) is 1.98. The molecule has 0 aliphatic carbocycles. The zero-order valence-electron chi connectivity index (χ0n) is 11.1. The molecule has 0 radical (unpaired) electrons. The monoisotopic (exact) mass is 273 g/mol. The van der Waals surface area contributed by atoms with Crippen molar-refractivity contribution >= 4 is 17.5 Å². The van der Waals surface area contributed by atoms with E-state index in [2.05, 4.69) is 9.98 Å². The van der Waals surface area contributed by atoms with Crippen LogP contribution in [0.2, 0.25) is 0 Å². The highest BCUT2D eigenvalue weighted by Gasteiger charge is 2.30. The maximum absolute atomic E-state index is 12.1. The first-order chi connectivity index (χ1) is 10.3. The van der Waals surface area contributed by atoms with E-state index in [9.17, 15) is 10.1 Å². The standard InChI is InChI=1S/C17H11N3O/c18-11-14-15(12-7-3-1-4-8-12)19-16(20-17(14)21)13-9-5-2-6-10-13/h1-10,14H. The molecule has 2 aromatic rings.